The van der Waals surface area contributed by atoms with Crippen LogP contribution in [-0.4, -0.2) is 54.0 Å². The molecule has 6 heteroatoms. The second kappa shape index (κ2) is 7.92. The van der Waals surface area contributed by atoms with Gasteiger partial charge in [0.15, 0.2) is 0 Å². The monoisotopic (exact) mass is 337 g/mol. The number of hydrogen-bond acceptors (Lipinski definition) is 2. The van der Waals surface area contributed by atoms with Gasteiger partial charge in [0.2, 0.25) is 0 Å². The predicted octanol–water partition coefficient (Wildman–Crippen LogP) is 3.09. The van der Waals surface area contributed by atoms with E-state index < -0.39 is 13.0 Å². The molecular formula is C18H25F2N3O. The second-order valence-electron chi connectivity index (χ2n) is 6.70. The molecule has 0 spiro atoms. The number of fused-ring (bicyclic) bond motifs is 1. The molecule has 132 valence electrons. The van der Waals surface area contributed by atoms with Gasteiger partial charge in [-0.05, 0) is 31.4 Å². The number of rotatable bonds is 5. The highest BCUT2D eigenvalue weighted by atomic mass is 19.3. The summed E-state index contributed by atoms with van der Waals surface area (Å²) in [5.74, 6) is 0. The fourth-order valence-electron chi connectivity index (χ4n) is 3.86. The Morgan fingerprint density at radius 2 is 2.00 bits per heavy atom. The molecule has 2 amide bonds. The van der Waals surface area contributed by atoms with Crippen molar-refractivity contribution in [1.82, 2.24) is 15.1 Å². The van der Waals surface area contributed by atoms with Crippen LogP contribution in [0.1, 0.15) is 31.2 Å². The summed E-state index contributed by atoms with van der Waals surface area (Å²) in [4.78, 5) is 16.2. The molecule has 0 aromatic heterocycles. The van der Waals surface area contributed by atoms with E-state index in [1.54, 1.807) is 0 Å². The standard InChI is InChI=1S/C18H25F2N3O/c19-17(20)13-23(12-14-6-2-1-3-7-14)18(24)21-15-9-11-22-10-5-4-8-16(15)22/h1-3,6-7,15-17H,4-5,8-13H2,(H,21,24)/t15-,16-/m0/s1. The largest absolute Gasteiger partial charge is 0.334 e. The fraction of sp³-hybridized carbons (Fsp3) is 0.611. The van der Waals surface area contributed by atoms with E-state index in [4.69, 9.17) is 0 Å². The van der Waals surface area contributed by atoms with Gasteiger partial charge >= 0.3 is 6.03 Å². The molecule has 0 aliphatic carbocycles. The van der Waals surface area contributed by atoms with E-state index in [1.165, 1.54) is 17.7 Å². The molecule has 4 nitrogen and oxygen atoms in total. The third-order valence-electron chi connectivity index (χ3n) is 5.03. The third kappa shape index (κ3) is 4.23. The van der Waals surface area contributed by atoms with Crippen molar-refractivity contribution in [2.45, 2.75) is 50.7 Å². The van der Waals surface area contributed by atoms with E-state index in [2.05, 4.69) is 10.2 Å². The van der Waals surface area contributed by atoms with Gasteiger partial charge in [-0.3, -0.25) is 4.90 Å². The first-order valence-electron chi connectivity index (χ1n) is 8.75. The van der Waals surface area contributed by atoms with Crippen molar-refractivity contribution in [2.75, 3.05) is 19.6 Å². The molecule has 2 saturated heterocycles. The lowest BCUT2D eigenvalue weighted by Crippen LogP contribution is -2.51. The highest BCUT2D eigenvalue weighted by Gasteiger charge is 2.37. The first-order valence-corrected chi connectivity index (χ1v) is 8.75. The van der Waals surface area contributed by atoms with Crippen molar-refractivity contribution >= 4 is 6.03 Å². The molecule has 0 radical (unpaired) electrons. The molecule has 0 unspecified atom stereocenters. The maximum atomic E-state index is 12.9. The van der Waals surface area contributed by atoms with Gasteiger partial charge < -0.3 is 10.2 Å². The molecule has 1 N–H and O–H groups in total. The summed E-state index contributed by atoms with van der Waals surface area (Å²) >= 11 is 0. The molecule has 3 rings (SSSR count). The lowest BCUT2D eigenvalue weighted by atomic mass is 9.99. The van der Waals surface area contributed by atoms with Crippen LogP contribution in [0.5, 0.6) is 0 Å². The van der Waals surface area contributed by atoms with E-state index in [0.717, 1.165) is 31.5 Å². The fourth-order valence-corrected chi connectivity index (χ4v) is 3.86. The SMILES string of the molecule is O=C(N[C@H]1CCN2CCCC[C@@H]12)N(Cc1ccccc1)CC(F)F. The van der Waals surface area contributed by atoms with E-state index >= 15 is 0 Å². The maximum absolute atomic E-state index is 12.9. The normalized spacial score (nSPS) is 24.0. The molecule has 1 aromatic rings. The molecule has 2 aliphatic rings. The van der Waals surface area contributed by atoms with Crippen LogP contribution < -0.4 is 5.32 Å². The van der Waals surface area contributed by atoms with Crippen LogP contribution >= 0.6 is 0 Å². The topological polar surface area (TPSA) is 35.6 Å². The van der Waals surface area contributed by atoms with Crippen molar-refractivity contribution in [1.29, 1.82) is 0 Å². The lowest BCUT2D eigenvalue weighted by molar-refractivity contribution is 0.0933. The van der Waals surface area contributed by atoms with Crippen LogP contribution in [0.25, 0.3) is 0 Å². The van der Waals surface area contributed by atoms with Gasteiger partial charge in [-0.2, -0.15) is 0 Å². The van der Waals surface area contributed by atoms with Crippen molar-refractivity contribution < 1.29 is 13.6 Å². The number of amides is 2. The predicted molar refractivity (Wildman–Crippen MR) is 89.0 cm³/mol. The summed E-state index contributed by atoms with van der Waals surface area (Å²) in [6, 6.07) is 9.35. The Hall–Kier alpha value is -1.69. The van der Waals surface area contributed by atoms with Crippen LogP contribution in [0.2, 0.25) is 0 Å². The van der Waals surface area contributed by atoms with Gasteiger partial charge in [0.05, 0.1) is 6.54 Å². The van der Waals surface area contributed by atoms with Gasteiger partial charge in [0.25, 0.3) is 6.43 Å². The maximum Gasteiger partial charge on any atom is 0.318 e. The Balaban J connectivity index is 1.62. The Kier molecular flexibility index (Phi) is 5.66. The number of hydrogen-bond donors (Lipinski definition) is 1. The van der Waals surface area contributed by atoms with Gasteiger partial charge in [0, 0.05) is 25.2 Å². The number of piperidine rings is 1. The number of alkyl halides is 2. The van der Waals surface area contributed by atoms with Crippen LogP contribution in [0.15, 0.2) is 30.3 Å². The summed E-state index contributed by atoms with van der Waals surface area (Å²) < 4.78 is 25.8. The summed E-state index contributed by atoms with van der Waals surface area (Å²) in [7, 11) is 0. The Labute approximate surface area is 141 Å². The minimum atomic E-state index is -2.53. The quantitative estimate of drug-likeness (QED) is 0.896. The minimum Gasteiger partial charge on any atom is -0.334 e. The number of nitrogens with zero attached hydrogens (tertiary/aromatic N) is 2. The van der Waals surface area contributed by atoms with E-state index in [0.29, 0.717) is 6.04 Å². The Morgan fingerprint density at radius 3 is 2.75 bits per heavy atom. The summed E-state index contributed by atoms with van der Waals surface area (Å²) in [6.07, 6.45) is 1.85. The first-order chi connectivity index (χ1) is 11.6. The zero-order valence-electron chi connectivity index (χ0n) is 13.8. The molecule has 24 heavy (non-hydrogen) atoms. The van der Waals surface area contributed by atoms with E-state index in [-0.39, 0.29) is 18.6 Å². The van der Waals surface area contributed by atoms with Crippen molar-refractivity contribution in [3.8, 4) is 0 Å². The number of benzene rings is 1. The van der Waals surface area contributed by atoms with Crippen LogP contribution in [-0.2, 0) is 6.54 Å². The van der Waals surface area contributed by atoms with Crippen LogP contribution in [0.3, 0.4) is 0 Å². The average Bonchev–Trinajstić information content (AvgIpc) is 2.98. The first kappa shape index (κ1) is 17.1. The Morgan fingerprint density at radius 1 is 1.21 bits per heavy atom. The lowest BCUT2D eigenvalue weighted by Gasteiger charge is -2.33. The summed E-state index contributed by atoms with van der Waals surface area (Å²) in [6.45, 7) is 1.74. The number of urea groups is 1. The van der Waals surface area contributed by atoms with Crippen LogP contribution in [0.4, 0.5) is 13.6 Å². The second-order valence-corrected chi connectivity index (χ2v) is 6.70. The highest BCUT2D eigenvalue weighted by Crippen LogP contribution is 2.27. The van der Waals surface area contributed by atoms with Crippen molar-refractivity contribution in [2.24, 2.45) is 0 Å². The number of nitrogens with one attached hydrogen (secondary N) is 1. The molecule has 2 atom stereocenters. The molecule has 1 aromatic carbocycles. The minimum absolute atomic E-state index is 0.0775. The average molecular weight is 337 g/mol. The molecule has 2 aliphatic heterocycles. The van der Waals surface area contributed by atoms with Gasteiger partial charge in [-0.15, -0.1) is 0 Å². The van der Waals surface area contributed by atoms with Gasteiger partial charge in [0.1, 0.15) is 0 Å². The zero-order valence-corrected chi connectivity index (χ0v) is 13.8. The molecule has 2 heterocycles. The zero-order chi connectivity index (χ0) is 16.9. The molecule has 0 bridgehead atoms. The molecular weight excluding hydrogens is 312 g/mol. The third-order valence-corrected chi connectivity index (χ3v) is 5.03. The summed E-state index contributed by atoms with van der Waals surface area (Å²) in [5, 5.41) is 3.02. The summed E-state index contributed by atoms with van der Waals surface area (Å²) in [5.41, 5.74) is 0.860. The number of carbonyl (C=O) groups excluding carboxylic acids is 1. The Bertz CT molecular complexity index is 540. The number of halogens is 2. The highest BCUT2D eigenvalue weighted by molar-refractivity contribution is 5.74. The van der Waals surface area contributed by atoms with Gasteiger partial charge in [-0.1, -0.05) is 36.8 Å². The van der Waals surface area contributed by atoms with Crippen LogP contribution in [0, 0.1) is 0 Å². The molecule has 2 fully saturated rings. The van der Waals surface area contributed by atoms with Crippen molar-refractivity contribution in [3.05, 3.63) is 35.9 Å². The number of carbonyl (C=O) groups is 1. The van der Waals surface area contributed by atoms with Gasteiger partial charge in [-0.25, -0.2) is 13.6 Å². The molecule has 0 saturated carbocycles. The van der Waals surface area contributed by atoms with E-state index in [1.807, 2.05) is 30.3 Å². The smallest absolute Gasteiger partial charge is 0.318 e. The van der Waals surface area contributed by atoms with Crippen molar-refractivity contribution in [3.63, 3.8) is 0 Å². The van der Waals surface area contributed by atoms with E-state index in [9.17, 15) is 13.6 Å².